The monoisotopic (exact) mass is 562 g/mol. The topological polar surface area (TPSA) is 106 Å². The molecule has 2 aromatic rings. The average Bonchev–Trinajstić information content (AvgIpc) is 3.58. The first-order chi connectivity index (χ1) is 18.5. The van der Waals surface area contributed by atoms with E-state index >= 15 is 0 Å². The van der Waals surface area contributed by atoms with Crippen molar-refractivity contribution in [3.63, 3.8) is 0 Å². The highest BCUT2D eigenvalue weighted by Gasteiger charge is 2.43. The maximum absolute atomic E-state index is 13.7. The highest BCUT2D eigenvalue weighted by Crippen LogP contribution is 2.43. The molecule has 8 nitrogen and oxygen atoms in total. The molecule has 2 unspecified atom stereocenters. The Kier molecular flexibility index (Phi) is 8.10. The summed E-state index contributed by atoms with van der Waals surface area (Å²) in [6, 6.07) is 4.57. The van der Waals surface area contributed by atoms with Gasteiger partial charge in [0, 0.05) is 54.2 Å². The molecular formula is C28H40F2N6O2S. The maximum atomic E-state index is 13.7. The number of amides is 2. The second-order valence-electron chi connectivity index (χ2n) is 11.9. The van der Waals surface area contributed by atoms with Crippen molar-refractivity contribution in [2.24, 2.45) is 11.7 Å². The molecule has 5 rings (SSSR count). The van der Waals surface area contributed by atoms with Crippen LogP contribution in [-0.4, -0.2) is 56.0 Å². The van der Waals surface area contributed by atoms with E-state index in [2.05, 4.69) is 38.8 Å². The molecule has 2 saturated heterocycles. The number of carbonyl (C=O) groups is 2. The van der Waals surface area contributed by atoms with Crippen LogP contribution in [0.3, 0.4) is 0 Å². The lowest BCUT2D eigenvalue weighted by atomic mass is 9.86. The summed E-state index contributed by atoms with van der Waals surface area (Å²) in [6.07, 6.45) is 4.98. The van der Waals surface area contributed by atoms with Crippen molar-refractivity contribution in [1.82, 2.24) is 25.0 Å². The van der Waals surface area contributed by atoms with E-state index in [1.807, 2.05) is 13.0 Å². The molecule has 0 spiro atoms. The number of rotatable bonds is 9. The predicted molar refractivity (Wildman–Crippen MR) is 146 cm³/mol. The van der Waals surface area contributed by atoms with Gasteiger partial charge in [0.15, 0.2) is 0 Å². The second-order valence-corrected chi connectivity index (χ2v) is 13.0. The number of primary amides is 1. The normalized spacial score (nSPS) is 26.2. The first kappa shape index (κ1) is 28.1. The van der Waals surface area contributed by atoms with Gasteiger partial charge in [-0.25, -0.2) is 8.78 Å². The number of halogens is 2. The lowest BCUT2D eigenvalue weighted by Crippen LogP contribution is -2.45. The molecule has 1 aliphatic carbocycles. The van der Waals surface area contributed by atoms with Crippen LogP contribution in [0.1, 0.15) is 116 Å². The molecule has 0 aromatic carbocycles. The van der Waals surface area contributed by atoms with Crippen molar-refractivity contribution in [2.75, 3.05) is 6.54 Å². The van der Waals surface area contributed by atoms with Gasteiger partial charge in [-0.1, -0.05) is 13.8 Å². The smallest absolute Gasteiger partial charge is 0.258 e. The first-order valence-electron chi connectivity index (χ1n) is 14.3. The zero-order valence-electron chi connectivity index (χ0n) is 23.0. The summed E-state index contributed by atoms with van der Waals surface area (Å²) < 4.78 is 29.7. The number of aryl methyl sites for hydroxylation is 1. The zero-order chi connectivity index (χ0) is 27.9. The van der Waals surface area contributed by atoms with E-state index in [0.29, 0.717) is 35.3 Å². The van der Waals surface area contributed by atoms with Gasteiger partial charge >= 0.3 is 0 Å². The average molecular weight is 563 g/mol. The third-order valence-electron chi connectivity index (χ3n) is 8.93. The quantitative estimate of drug-likeness (QED) is 0.442. The Bertz CT molecular complexity index is 1170. The number of nitrogens with one attached hydrogen (secondary N) is 1. The number of thiophene rings is 1. The van der Waals surface area contributed by atoms with E-state index in [1.165, 1.54) is 11.3 Å². The molecule has 3 aliphatic rings. The Morgan fingerprint density at radius 3 is 2.36 bits per heavy atom. The highest BCUT2D eigenvalue weighted by atomic mass is 32.1. The minimum atomic E-state index is -2.67. The molecule has 3 N–H and O–H groups in total. The molecule has 0 radical (unpaired) electrons. The highest BCUT2D eigenvalue weighted by molar-refractivity contribution is 7.14. The molecular weight excluding hydrogens is 522 g/mol. The number of hydrogen-bond donors (Lipinski definition) is 2. The Morgan fingerprint density at radius 2 is 1.77 bits per heavy atom. The molecule has 4 heterocycles. The van der Waals surface area contributed by atoms with Crippen LogP contribution in [0.4, 0.5) is 8.78 Å². The Labute approximate surface area is 232 Å². The first-order valence-corrected chi connectivity index (χ1v) is 15.1. The van der Waals surface area contributed by atoms with Gasteiger partial charge in [-0.3, -0.25) is 14.5 Å². The molecule has 2 bridgehead atoms. The van der Waals surface area contributed by atoms with Crippen LogP contribution in [0.5, 0.6) is 0 Å². The fourth-order valence-corrected chi connectivity index (χ4v) is 7.83. The van der Waals surface area contributed by atoms with Crippen molar-refractivity contribution < 1.29 is 18.4 Å². The van der Waals surface area contributed by atoms with Crippen LogP contribution in [0.2, 0.25) is 0 Å². The zero-order valence-corrected chi connectivity index (χ0v) is 23.9. The predicted octanol–water partition coefficient (Wildman–Crippen LogP) is 5.11. The van der Waals surface area contributed by atoms with Crippen LogP contribution >= 0.6 is 11.3 Å². The van der Waals surface area contributed by atoms with E-state index in [1.54, 1.807) is 6.07 Å². The molecule has 11 heteroatoms. The van der Waals surface area contributed by atoms with Crippen molar-refractivity contribution >= 4 is 23.2 Å². The summed E-state index contributed by atoms with van der Waals surface area (Å²) in [4.78, 5) is 28.8. The van der Waals surface area contributed by atoms with Crippen LogP contribution in [0.15, 0.2) is 12.1 Å². The fraction of sp³-hybridized carbons (Fsp3) is 0.714. The van der Waals surface area contributed by atoms with Crippen LogP contribution in [0.25, 0.3) is 0 Å². The lowest BCUT2D eigenvalue weighted by molar-refractivity contribution is -0.130. The van der Waals surface area contributed by atoms with Crippen LogP contribution in [-0.2, 0) is 4.79 Å². The fourth-order valence-electron chi connectivity index (χ4n) is 6.88. The number of hydrogen-bond acceptors (Lipinski definition) is 6. The summed E-state index contributed by atoms with van der Waals surface area (Å²) in [7, 11) is 0. The largest absolute Gasteiger partial charge is 0.365 e. The van der Waals surface area contributed by atoms with Crippen molar-refractivity contribution in [2.45, 2.75) is 115 Å². The van der Waals surface area contributed by atoms with Crippen molar-refractivity contribution in [1.29, 1.82) is 0 Å². The Hall–Kier alpha value is -2.40. The van der Waals surface area contributed by atoms with Gasteiger partial charge in [0.1, 0.15) is 11.6 Å². The number of piperidine rings is 1. The minimum Gasteiger partial charge on any atom is -0.365 e. The molecule has 2 amide bonds. The van der Waals surface area contributed by atoms with Gasteiger partial charge in [-0.15, -0.1) is 21.5 Å². The van der Waals surface area contributed by atoms with Crippen molar-refractivity contribution in [3.8, 4) is 0 Å². The second kappa shape index (κ2) is 11.2. The van der Waals surface area contributed by atoms with E-state index in [0.717, 1.165) is 48.8 Å². The van der Waals surface area contributed by atoms with E-state index in [4.69, 9.17) is 5.73 Å². The Morgan fingerprint density at radius 1 is 1.10 bits per heavy atom. The number of fused-ring (bicyclic) bond motifs is 2. The summed E-state index contributed by atoms with van der Waals surface area (Å²) in [6.45, 7) is 7.17. The van der Waals surface area contributed by atoms with Gasteiger partial charge in [0.05, 0.1) is 10.9 Å². The number of carbonyl (C=O) groups excluding carboxylic acids is 2. The number of alkyl halides is 2. The molecule has 3 atom stereocenters. The minimum absolute atomic E-state index is 0.171. The molecule has 39 heavy (non-hydrogen) atoms. The molecule has 3 fully saturated rings. The van der Waals surface area contributed by atoms with Gasteiger partial charge in [0.2, 0.25) is 11.8 Å². The third-order valence-corrected chi connectivity index (χ3v) is 10.1. The molecule has 1 saturated carbocycles. The number of nitrogens with two attached hydrogens (primary N) is 1. The number of aromatic nitrogens is 3. The van der Waals surface area contributed by atoms with Crippen LogP contribution in [0, 0.1) is 12.8 Å². The lowest BCUT2D eigenvalue weighted by Gasteiger charge is -2.40. The standard InChI is InChI=1S/C28H40F2N6O2S/c1-16(2)26-34-33-17(3)36(26)21-14-19-4-5-20(15-21)35(19)13-10-22(23-6-7-24(39-23)25(31)37)32-27(38)18-8-11-28(29,30)12-9-18/h6-7,16,18-22H,4-5,8-15H2,1-3H3,(H2,31,37)(H,32,38)/t19?,20?,21?,22-/m0/s1. The maximum Gasteiger partial charge on any atom is 0.258 e. The van der Waals surface area contributed by atoms with Gasteiger partial charge in [0.25, 0.3) is 5.91 Å². The van der Waals surface area contributed by atoms with Gasteiger partial charge in [-0.2, -0.15) is 0 Å². The van der Waals surface area contributed by atoms with Gasteiger partial charge < -0.3 is 15.6 Å². The Balaban J connectivity index is 1.27. The molecule has 214 valence electrons. The third kappa shape index (κ3) is 6.04. The molecule has 2 aromatic heterocycles. The summed E-state index contributed by atoms with van der Waals surface area (Å²) in [5.41, 5.74) is 5.49. The summed E-state index contributed by atoms with van der Waals surface area (Å²) in [5.74, 6) is -1.40. The van der Waals surface area contributed by atoms with E-state index in [-0.39, 0.29) is 37.6 Å². The summed E-state index contributed by atoms with van der Waals surface area (Å²) >= 11 is 1.30. The van der Waals surface area contributed by atoms with E-state index in [9.17, 15) is 18.4 Å². The van der Waals surface area contributed by atoms with Crippen molar-refractivity contribution in [3.05, 3.63) is 33.5 Å². The summed E-state index contributed by atoms with van der Waals surface area (Å²) in [5, 5.41) is 12.0. The SMILES string of the molecule is Cc1nnc(C(C)C)n1C1CC2CCC(C1)N2CC[C@H](NC(=O)C1CCC(F)(F)CC1)c1ccc(C(N)=O)s1. The number of nitrogens with zero attached hydrogens (tertiary/aromatic N) is 4. The van der Waals surface area contributed by atoms with Gasteiger partial charge in [-0.05, 0) is 64.0 Å². The molecule has 2 aliphatic heterocycles. The van der Waals surface area contributed by atoms with E-state index < -0.39 is 17.7 Å². The van der Waals surface area contributed by atoms with Crippen LogP contribution < -0.4 is 11.1 Å².